The largest absolute Gasteiger partial charge is 0.490 e. The molecule has 5 nitrogen and oxygen atoms in total. The maximum absolute atomic E-state index is 14.5. The average Bonchev–Trinajstić information content (AvgIpc) is 2.96. The van der Waals surface area contributed by atoms with Crippen LogP contribution in [0.15, 0.2) is 24.3 Å². The van der Waals surface area contributed by atoms with Crippen molar-refractivity contribution in [2.75, 3.05) is 6.61 Å². The second kappa shape index (κ2) is 8.65. The van der Waals surface area contributed by atoms with E-state index in [-0.39, 0.29) is 18.2 Å². The molecule has 0 aliphatic heterocycles. The molecule has 0 bridgehead atoms. The molecule has 0 aliphatic rings. The number of carbonyl (C=O) groups is 1. The van der Waals surface area contributed by atoms with Crippen LogP contribution in [0, 0.1) is 11.7 Å². The lowest BCUT2D eigenvalue weighted by Crippen LogP contribution is -2.25. The van der Waals surface area contributed by atoms with E-state index >= 15 is 0 Å². The Labute approximate surface area is 148 Å². The Balaban J connectivity index is 2.00. The molecule has 136 valence electrons. The van der Waals surface area contributed by atoms with Crippen molar-refractivity contribution in [1.29, 1.82) is 0 Å². The molecule has 0 fully saturated rings. The number of amides is 1. The molecule has 0 spiro atoms. The van der Waals surface area contributed by atoms with Crippen molar-refractivity contribution < 1.29 is 13.9 Å². The van der Waals surface area contributed by atoms with E-state index in [9.17, 15) is 9.18 Å². The molecule has 1 amide bonds. The maximum atomic E-state index is 14.5. The highest BCUT2D eigenvalue weighted by atomic mass is 19.1. The molecule has 0 saturated heterocycles. The predicted molar refractivity (Wildman–Crippen MR) is 95.1 cm³/mol. The molecule has 1 aromatic heterocycles. The van der Waals surface area contributed by atoms with E-state index in [2.05, 4.69) is 24.3 Å². The normalized spacial score (nSPS) is 11.0. The molecule has 2 aromatic rings. The minimum absolute atomic E-state index is 0.0959. The number of aryl methyl sites for hydroxylation is 2. The Kier molecular flexibility index (Phi) is 6.56. The monoisotopic (exact) mass is 347 g/mol. The summed E-state index contributed by atoms with van der Waals surface area (Å²) in [6, 6.07) is 6.73. The van der Waals surface area contributed by atoms with E-state index in [1.807, 2.05) is 6.92 Å². The summed E-state index contributed by atoms with van der Waals surface area (Å²) in [5.41, 5.74) is 1.70. The first kappa shape index (κ1) is 19.0. The lowest BCUT2D eigenvalue weighted by atomic mass is 10.1. The number of halogens is 1. The van der Waals surface area contributed by atoms with Gasteiger partial charge in [-0.25, -0.2) is 4.39 Å². The minimum atomic E-state index is -0.425. The molecular formula is C19H26FN3O2. The van der Waals surface area contributed by atoms with E-state index in [4.69, 9.17) is 4.74 Å². The third kappa shape index (κ3) is 5.05. The molecule has 0 saturated carbocycles. The first-order valence-corrected chi connectivity index (χ1v) is 8.63. The van der Waals surface area contributed by atoms with Gasteiger partial charge in [0, 0.05) is 19.2 Å². The van der Waals surface area contributed by atoms with Crippen molar-refractivity contribution in [3.63, 3.8) is 0 Å². The minimum Gasteiger partial charge on any atom is -0.490 e. The Hall–Kier alpha value is -2.37. The van der Waals surface area contributed by atoms with Gasteiger partial charge in [-0.05, 0) is 30.9 Å². The quantitative estimate of drug-likeness (QED) is 0.795. The second-order valence-corrected chi connectivity index (χ2v) is 6.44. The Morgan fingerprint density at radius 3 is 2.80 bits per heavy atom. The fraction of sp³-hybridized carbons (Fsp3) is 0.474. The Morgan fingerprint density at radius 2 is 2.16 bits per heavy atom. The van der Waals surface area contributed by atoms with Crippen LogP contribution in [0.2, 0.25) is 0 Å². The summed E-state index contributed by atoms with van der Waals surface area (Å²) < 4.78 is 21.5. The fourth-order valence-corrected chi connectivity index (χ4v) is 2.39. The van der Waals surface area contributed by atoms with Gasteiger partial charge in [0.15, 0.2) is 11.6 Å². The number of benzene rings is 1. The number of hydrogen-bond acceptors (Lipinski definition) is 3. The van der Waals surface area contributed by atoms with Gasteiger partial charge in [-0.2, -0.15) is 5.10 Å². The van der Waals surface area contributed by atoms with Gasteiger partial charge in [0.05, 0.1) is 12.3 Å². The van der Waals surface area contributed by atoms with Gasteiger partial charge in [0.1, 0.15) is 5.69 Å². The number of rotatable bonds is 8. The highest BCUT2D eigenvalue weighted by Crippen LogP contribution is 2.21. The molecule has 0 radical (unpaired) electrons. The van der Waals surface area contributed by atoms with Crippen molar-refractivity contribution in [1.82, 2.24) is 15.1 Å². The van der Waals surface area contributed by atoms with Crippen molar-refractivity contribution in [3.8, 4) is 5.75 Å². The topological polar surface area (TPSA) is 56.1 Å². The van der Waals surface area contributed by atoms with E-state index in [1.165, 1.54) is 4.68 Å². The summed E-state index contributed by atoms with van der Waals surface area (Å²) in [6.45, 7) is 6.73. The van der Waals surface area contributed by atoms with Gasteiger partial charge in [-0.3, -0.25) is 9.48 Å². The third-order valence-electron chi connectivity index (χ3n) is 3.96. The molecule has 1 aromatic carbocycles. The first-order chi connectivity index (χ1) is 11.9. The number of nitrogens with zero attached hydrogens (tertiary/aromatic N) is 2. The van der Waals surface area contributed by atoms with Crippen LogP contribution in [-0.2, 0) is 20.0 Å². The molecule has 0 aliphatic carbocycles. The number of nitrogens with one attached hydrogen (secondary N) is 1. The summed E-state index contributed by atoms with van der Waals surface area (Å²) in [6.07, 6.45) is 1.62. The van der Waals surface area contributed by atoms with Gasteiger partial charge in [0.25, 0.3) is 5.91 Å². The van der Waals surface area contributed by atoms with Gasteiger partial charge < -0.3 is 10.1 Å². The zero-order chi connectivity index (χ0) is 18.4. The summed E-state index contributed by atoms with van der Waals surface area (Å²) in [4.78, 5) is 12.3. The smallest absolute Gasteiger partial charge is 0.269 e. The van der Waals surface area contributed by atoms with Gasteiger partial charge in [0.2, 0.25) is 0 Å². The van der Waals surface area contributed by atoms with E-state index in [0.29, 0.717) is 23.8 Å². The lowest BCUT2D eigenvalue weighted by Gasteiger charge is -2.12. The molecule has 2 rings (SSSR count). The standard InChI is InChI=1S/C19H26FN3O2/c1-5-15-11-16(23(4)22-15)19(24)21-12-14-7-6-8-17(18(14)20)25-10-9-13(2)3/h6-8,11,13H,5,9-10,12H2,1-4H3,(H,21,24). The molecule has 1 N–H and O–H groups in total. The molecule has 1 heterocycles. The van der Waals surface area contributed by atoms with Gasteiger partial charge in [-0.1, -0.05) is 32.9 Å². The summed E-state index contributed by atoms with van der Waals surface area (Å²) >= 11 is 0. The molecule has 6 heteroatoms. The SMILES string of the molecule is CCc1cc(C(=O)NCc2cccc(OCCC(C)C)c2F)n(C)n1. The van der Waals surface area contributed by atoms with Gasteiger partial charge >= 0.3 is 0 Å². The highest BCUT2D eigenvalue weighted by molar-refractivity contribution is 5.92. The van der Waals surface area contributed by atoms with Crippen molar-refractivity contribution in [2.24, 2.45) is 13.0 Å². The van der Waals surface area contributed by atoms with Crippen molar-refractivity contribution in [3.05, 3.63) is 47.0 Å². The highest BCUT2D eigenvalue weighted by Gasteiger charge is 2.14. The summed E-state index contributed by atoms with van der Waals surface area (Å²) in [5, 5.41) is 6.99. The summed E-state index contributed by atoms with van der Waals surface area (Å²) in [5.74, 6) is 0.0182. The Morgan fingerprint density at radius 1 is 1.40 bits per heavy atom. The summed E-state index contributed by atoms with van der Waals surface area (Å²) in [7, 11) is 1.72. The molecule has 0 atom stereocenters. The van der Waals surface area contributed by atoms with Crippen molar-refractivity contribution >= 4 is 5.91 Å². The lowest BCUT2D eigenvalue weighted by molar-refractivity contribution is 0.0941. The molecule has 0 unspecified atom stereocenters. The van der Waals surface area contributed by atoms with E-state index in [1.54, 1.807) is 31.3 Å². The second-order valence-electron chi connectivity index (χ2n) is 6.44. The van der Waals surface area contributed by atoms with Crippen LogP contribution >= 0.6 is 0 Å². The number of ether oxygens (including phenoxy) is 1. The van der Waals surface area contributed by atoms with E-state index in [0.717, 1.165) is 18.5 Å². The Bertz CT molecular complexity index is 725. The van der Waals surface area contributed by atoms with Crippen molar-refractivity contribution in [2.45, 2.75) is 40.2 Å². The van der Waals surface area contributed by atoms with Crippen LogP contribution in [0.1, 0.15) is 48.9 Å². The predicted octanol–water partition coefficient (Wildman–Crippen LogP) is 3.48. The van der Waals surface area contributed by atoms with Crippen LogP contribution in [0.3, 0.4) is 0 Å². The van der Waals surface area contributed by atoms with Gasteiger partial charge in [-0.15, -0.1) is 0 Å². The third-order valence-corrected chi connectivity index (χ3v) is 3.96. The maximum Gasteiger partial charge on any atom is 0.269 e. The number of hydrogen-bond donors (Lipinski definition) is 1. The number of carbonyl (C=O) groups excluding carboxylic acids is 1. The van der Waals surface area contributed by atoms with Crippen LogP contribution in [0.25, 0.3) is 0 Å². The number of aromatic nitrogens is 2. The van der Waals surface area contributed by atoms with Crippen LogP contribution in [0.5, 0.6) is 5.75 Å². The molecule has 25 heavy (non-hydrogen) atoms. The van der Waals surface area contributed by atoms with E-state index < -0.39 is 5.82 Å². The average molecular weight is 347 g/mol. The molecular weight excluding hydrogens is 321 g/mol. The van der Waals surface area contributed by atoms with Crippen LogP contribution in [0.4, 0.5) is 4.39 Å². The van der Waals surface area contributed by atoms with Crippen LogP contribution in [-0.4, -0.2) is 22.3 Å². The zero-order valence-electron chi connectivity index (χ0n) is 15.3. The fourth-order valence-electron chi connectivity index (χ4n) is 2.39. The zero-order valence-corrected chi connectivity index (χ0v) is 15.3. The first-order valence-electron chi connectivity index (χ1n) is 8.63. The van der Waals surface area contributed by atoms with Crippen LogP contribution < -0.4 is 10.1 Å².